The first kappa shape index (κ1) is 16.9. The van der Waals surface area contributed by atoms with Crippen LogP contribution in [0.2, 0.25) is 0 Å². The Hall–Kier alpha value is -0.100. The number of hydrogen-bond donors (Lipinski definition) is 2. The van der Waals surface area contributed by atoms with Gasteiger partial charge in [0.25, 0.3) is 0 Å². The van der Waals surface area contributed by atoms with Crippen molar-refractivity contribution >= 4 is 45.6 Å². The molecular formula is C11H18BrClN2OS. The SMILES string of the molecule is CCCC(C)(N)C(=O)NCc1ccc(Br)s1.Cl. The smallest absolute Gasteiger partial charge is 0.240 e. The predicted octanol–water partition coefficient (Wildman–Crippen LogP) is 3.07. The molecule has 1 heterocycles. The van der Waals surface area contributed by atoms with Gasteiger partial charge in [-0.2, -0.15) is 0 Å². The summed E-state index contributed by atoms with van der Waals surface area (Å²) in [7, 11) is 0. The Morgan fingerprint density at radius 3 is 2.71 bits per heavy atom. The van der Waals surface area contributed by atoms with Gasteiger partial charge in [0.2, 0.25) is 5.91 Å². The maximum absolute atomic E-state index is 11.8. The molecule has 17 heavy (non-hydrogen) atoms. The molecule has 1 aromatic rings. The summed E-state index contributed by atoms with van der Waals surface area (Å²) in [6, 6.07) is 3.96. The topological polar surface area (TPSA) is 55.1 Å². The summed E-state index contributed by atoms with van der Waals surface area (Å²) in [6.07, 6.45) is 1.61. The summed E-state index contributed by atoms with van der Waals surface area (Å²) < 4.78 is 1.07. The van der Waals surface area contributed by atoms with Crippen molar-refractivity contribution in [2.45, 2.75) is 38.8 Å². The summed E-state index contributed by atoms with van der Waals surface area (Å²) in [4.78, 5) is 12.9. The molecule has 1 rings (SSSR count). The number of nitrogens with two attached hydrogens (primary N) is 1. The molecule has 0 fully saturated rings. The second-order valence-electron chi connectivity index (χ2n) is 4.06. The van der Waals surface area contributed by atoms with Crippen molar-refractivity contribution in [3.05, 3.63) is 20.8 Å². The van der Waals surface area contributed by atoms with Crippen LogP contribution >= 0.6 is 39.7 Å². The highest BCUT2D eigenvalue weighted by molar-refractivity contribution is 9.11. The molecule has 0 aliphatic rings. The zero-order chi connectivity index (χ0) is 12.2. The molecule has 0 saturated carbocycles. The maximum atomic E-state index is 11.8. The minimum Gasteiger partial charge on any atom is -0.350 e. The van der Waals surface area contributed by atoms with Gasteiger partial charge in [-0.3, -0.25) is 4.79 Å². The first-order chi connectivity index (χ1) is 7.45. The van der Waals surface area contributed by atoms with E-state index in [1.165, 1.54) is 0 Å². The Kier molecular flexibility index (Phi) is 7.32. The number of carbonyl (C=O) groups excluding carboxylic acids is 1. The fraction of sp³-hybridized carbons (Fsp3) is 0.545. The second-order valence-corrected chi connectivity index (χ2v) is 6.60. The van der Waals surface area contributed by atoms with Crippen LogP contribution in [-0.4, -0.2) is 11.4 Å². The summed E-state index contributed by atoms with van der Waals surface area (Å²) in [5.41, 5.74) is 5.16. The molecule has 0 aromatic carbocycles. The number of carbonyl (C=O) groups is 1. The Morgan fingerprint density at radius 1 is 1.59 bits per heavy atom. The van der Waals surface area contributed by atoms with E-state index in [4.69, 9.17) is 5.73 Å². The number of amides is 1. The van der Waals surface area contributed by atoms with E-state index in [2.05, 4.69) is 21.2 Å². The molecule has 1 unspecified atom stereocenters. The highest BCUT2D eigenvalue weighted by Gasteiger charge is 2.26. The lowest BCUT2D eigenvalue weighted by atomic mass is 9.96. The van der Waals surface area contributed by atoms with Crippen LogP contribution in [0.5, 0.6) is 0 Å². The van der Waals surface area contributed by atoms with Crippen molar-refractivity contribution in [2.24, 2.45) is 5.73 Å². The van der Waals surface area contributed by atoms with Gasteiger partial charge in [0.05, 0.1) is 15.9 Å². The van der Waals surface area contributed by atoms with Crippen molar-refractivity contribution < 1.29 is 4.79 Å². The van der Waals surface area contributed by atoms with Gasteiger partial charge in [0, 0.05) is 4.88 Å². The van der Waals surface area contributed by atoms with E-state index in [1.54, 1.807) is 18.3 Å². The third-order valence-electron chi connectivity index (χ3n) is 2.34. The Labute approximate surface area is 121 Å². The first-order valence-corrected chi connectivity index (χ1v) is 6.88. The van der Waals surface area contributed by atoms with Crippen LogP contribution in [0, 0.1) is 0 Å². The summed E-state index contributed by atoms with van der Waals surface area (Å²) in [5, 5.41) is 2.86. The number of halogens is 2. The van der Waals surface area contributed by atoms with E-state index in [0.29, 0.717) is 13.0 Å². The number of thiophene rings is 1. The Morgan fingerprint density at radius 2 is 2.24 bits per heavy atom. The number of hydrogen-bond acceptors (Lipinski definition) is 3. The highest BCUT2D eigenvalue weighted by atomic mass is 79.9. The average molecular weight is 342 g/mol. The maximum Gasteiger partial charge on any atom is 0.240 e. The molecule has 0 aliphatic carbocycles. The van der Waals surface area contributed by atoms with Gasteiger partial charge in [0.1, 0.15) is 0 Å². The van der Waals surface area contributed by atoms with Gasteiger partial charge in [0.15, 0.2) is 0 Å². The van der Waals surface area contributed by atoms with Crippen LogP contribution in [0.15, 0.2) is 15.9 Å². The van der Waals surface area contributed by atoms with Crippen molar-refractivity contribution in [1.82, 2.24) is 5.32 Å². The van der Waals surface area contributed by atoms with Crippen LogP contribution in [0.25, 0.3) is 0 Å². The molecule has 6 heteroatoms. The van der Waals surface area contributed by atoms with Gasteiger partial charge in [-0.25, -0.2) is 0 Å². The largest absolute Gasteiger partial charge is 0.350 e. The van der Waals surface area contributed by atoms with Gasteiger partial charge >= 0.3 is 0 Å². The molecule has 1 aromatic heterocycles. The van der Waals surface area contributed by atoms with Gasteiger partial charge in [-0.05, 0) is 41.4 Å². The van der Waals surface area contributed by atoms with Crippen molar-refractivity contribution in [2.75, 3.05) is 0 Å². The lowest BCUT2D eigenvalue weighted by molar-refractivity contribution is -0.126. The molecule has 98 valence electrons. The zero-order valence-corrected chi connectivity index (χ0v) is 13.2. The van der Waals surface area contributed by atoms with Crippen molar-refractivity contribution in [3.63, 3.8) is 0 Å². The zero-order valence-electron chi connectivity index (χ0n) is 9.96. The monoisotopic (exact) mass is 340 g/mol. The van der Waals surface area contributed by atoms with Gasteiger partial charge in [-0.15, -0.1) is 23.7 Å². The molecule has 3 N–H and O–H groups in total. The standard InChI is InChI=1S/C11H17BrN2OS.ClH/c1-3-6-11(2,13)10(15)14-7-8-4-5-9(12)16-8;/h4-5H,3,6-7,13H2,1-2H3,(H,14,15);1H. The molecule has 3 nitrogen and oxygen atoms in total. The molecule has 0 bridgehead atoms. The second kappa shape index (κ2) is 7.36. The van der Waals surface area contributed by atoms with Crippen LogP contribution in [-0.2, 0) is 11.3 Å². The Bertz CT molecular complexity index is 368. The number of nitrogens with one attached hydrogen (secondary N) is 1. The molecular weight excluding hydrogens is 324 g/mol. The lowest BCUT2D eigenvalue weighted by Gasteiger charge is -2.22. The molecule has 0 saturated heterocycles. The predicted molar refractivity (Wildman–Crippen MR) is 78.6 cm³/mol. The molecule has 1 amide bonds. The Balaban J connectivity index is 0.00000256. The van der Waals surface area contributed by atoms with E-state index in [0.717, 1.165) is 15.1 Å². The summed E-state index contributed by atoms with van der Waals surface area (Å²) in [6.45, 7) is 4.34. The fourth-order valence-electron chi connectivity index (χ4n) is 1.45. The molecule has 0 spiro atoms. The third kappa shape index (κ3) is 5.38. The lowest BCUT2D eigenvalue weighted by Crippen LogP contribution is -2.51. The van der Waals surface area contributed by atoms with E-state index in [1.807, 2.05) is 19.1 Å². The summed E-state index contributed by atoms with van der Waals surface area (Å²) in [5.74, 6) is -0.0844. The summed E-state index contributed by atoms with van der Waals surface area (Å²) >= 11 is 5.00. The first-order valence-electron chi connectivity index (χ1n) is 5.27. The van der Waals surface area contributed by atoms with Crippen LogP contribution in [0.1, 0.15) is 31.6 Å². The van der Waals surface area contributed by atoms with E-state index >= 15 is 0 Å². The van der Waals surface area contributed by atoms with Gasteiger partial charge in [-0.1, -0.05) is 13.3 Å². The number of rotatable bonds is 5. The minimum absolute atomic E-state index is 0. The van der Waals surface area contributed by atoms with E-state index in [-0.39, 0.29) is 18.3 Å². The van der Waals surface area contributed by atoms with Crippen molar-refractivity contribution in [1.29, 1.82) is 0 Å². The molecule has 1 atom stereocenters. The molecule has 0 aliphatic heterocycles. The molecule has 0 radical (unpaired) electrons. The normalized spacial score (nSPS) is 13.6. The van der Waals surface area contributed by atoms with E-state index < -0.39 is 5.54 Å². The van der Waals surface area contributed by atoms with Crippen molar-refractivity contribution in [3.8, 4) is 0 Å². The average Bonchev–Trinajstić information content (AvgIpc) is 2.60. The van der Waals surface area contributed by atoms with Gasteiger partial charge < -0.3 is 11.1 Å². The fourth-order valence-corrected chi connectivity index (χ4v) is 2.87. The third-order valence-corrected chi connectivity index (χ3v) is 3.96. The van der Waals surface area contributed by atoms with Crippen LogP contribution in [0.4, 0.5) is 0 Å². The highest BCUT2D eigenvalue weighted by Crippen LogP contribution is 2.21. The quantitative estimate of drug-likeness (QED) is 0.865. The van der Waals surface area contributed by atoms with E-state index in [9.17, 15) is 4.79 Å². The van der Waals surface area contributed by atoms with Crippen LogP contribution in [0.3, 0.4) is 0 Å². The minimum atomic E-state index is -0.761. The van der Waals surface area contributed by atoms with Crippen LogP contribution < -0.4 is 11.1 Å².